The molecule has 0 aliphatic carbocycles. The number of aromatic amines is 1. The number of carbonyl (C=O) groups is 1. The van der Waals surface area contributed by atoms with Crippen LogP contribution in [0.1, 0.15) is 40.1 Å². The lowest BCUT2D eigenvalue weighted by atomic mass is 10.2. The van der Waals surface area contributed by atoms with Crippen LogP contribution in [0.15, 0.2) is 48.0 Å². The van der Waals surface area contributed by atoms with Gasteiger partial charge in [0.25, 0.3) is 5.91 Å². The molecule has 24 heavy (non-hydrogen) atoms. The van der Waals surface area contributed by atoms with Crippen LogP contribution in [0.4, 0.5) is 0 Å². The number of hydrogen-bond acceptors (Lipinski definition) is 4. The highest BCUT2D eigenvalue weighted by molar-refractivity contribution is 7.09. The summed E-state index contributed by atoms with van der Waals surface area (Å²) in [6, 6.07) is 11.8. The Kier molecular flexibility index (Phi) is 5.38. The molecule has 0 saturated carbocycles. The van der Waals surface area contributed by atoms with Gasteiger partial charge >= 0.3 is 0 Å². The smallest absolute Gasteiger partial charge is 0.275 e. The van der Waals surface area contributed by atoms with E-state index in [-0.39, 0.29) is 5.91 Å². The zero-order valence-corrected chi connectivity index (χ0v) is 14.4. The molecule has 6 heteroatoms. The monoisotopic (exact) mass is 340 g/mol. The molecule has 0 radical (unpaired) electrons. The summed E-state index contributed by atoms with van der Waals surface area (Å²) in [5.74, 6) is -0.0762. The number of amides is 1. The van der Waals surface area contributed by atoms with Crippen LogP contribution in [0.25, 0.3) is 0 Å². The third-order valence-corrected chi connectivity index (χ3v) is 4.45. The van der Waals surface area contributed by atoms with Crippen LogP contribution in [-0.4, -0.2) is 26.0 Å². The van der Waals surface area contributed by atoms with E-state index in [0.29, 0.717) is 18.8 Å². The molecule has 0 aliphatic heterocycles. The Hall–Kier alpha value is -2.47. The first-order valence-electron chi connectivity index (χ1n) is 8.02. The Morgan fingerprint density at radius 1 is 1.25 bits per heavy atom. The summed E-state index contributed by atoms with van der Waals surface area (Å²) in [7, 11) is 0. The summed E-state index contributed by atoms with van der Waals surface area (Å²) in [5, 5.41) is 9.99. The van der Waals surface area contributed by atoms with Crippen molar-refractivity contribution >= 4 is 17.2 Å². The fourth-order valence-corrected chi connectivity index (χ4v) is 3.16. The van der Waals surface area contributed by atoms with Gasteiger partial charge in [0.15, 0.2) is 0 Å². The number of nitrogens with one attached hydrogen (secondary N) is 1. The summed E-state index contributed by atoms with van der Waals surface area (Å²) in [5.41, 5.74) is 2.55. The molecule has 2 heterocycles. The van der Waals surface area contributed by atoms with Crippen molar-refractivity contribution < 1.29 is 4.79 Å². The second kappa shape index (κ2) is 7.88. The molecule has 0 saturated heterocycles. The Morgan fingerprint density at radius 3 is 2.79 bits per heavy atom. The number of nitrogens with zero attached hydrogens (tertiary/aromatic N) is 3. The molecule has 3 aromatic rings. The SMILES string of the molecule is CCCc1cc(C(=O)N(Cc2ccccc2)Cc2nccs2)n[nH]1. The van der Waals surface area contributed by atoms with Gasteiger partial charge in [-0.25, -0.2) is 4.98 Å². The number of aromatic nitrogens is 3. The van der Waals surface area contributed by atoms with Gasteiger partial charge in [-0.1, -0.05) is 43.7 Å². The van der Waals surface area contributed by atoms with Crippen molar-refractivity contribution in [3.05, 3.63) is 69.9 Å². The van der Waals surface area contributed by atoms with Gasteiger partial charge in [0.05, 0.1) is 6.54 Å². The molecule has 0 bridgehead atoms. The summed E-state index contributed by atoms with van der Waals surface area (Å²) in [6.07, 6.45) is 3.67. The van der Waals surface area contributed by atoms with Crippen molar-refractivity contribution in [3.63, 3.8) is 0 Å². The zero-order valence-electron chi connectivity index (χ0n) is 13.6. The third-order valence-electron chi connectivity index (χ3n) is 3.68. The first-order chi connectivity index (χ1) is 11.8. The quantitative estimate of drug-likeness (QED) is 0.714. The number of carbonyl (C=O) groups excluding carboxylic acids is 1. The minimum absolute atomic E-state index is 0.0762. The number of H-pyrrole nitrogens is 1. The normalized spacial score (nSPS) is 10.7. The fourth-order valence-electron chi connectivity index (χ4n) is 2.53. The Morgan fingerprint density at radius 2 is 2.08 bits per heavy atom. The molecule has 2 aromatic heterocycles. The standard InChI is InChI=1S/C18H20N4OS/c1-2-6-15-11-16(21-20-15)18(23)22(13-17-19-9-10-24-17)12-14-7-4-3-5-8-14/h3-5,7-11H,2,6,12-13H2,1H3,(H,20,21). The average Bonchev–Trinajstić information content (AvgIpc) is 3.27. The van der Waals surface area contributed by atoms with E-state index in [9.17, 15) is 4.79 Å². The maximum atomic E-state index is 12.9. The number of aryl methyl sites for hydroxylation is 1. The summed E-state index contributed by atoms with van der Waals surface area (Å²) in [4.78, 5) is 19.0. The van der Waals surface area contributed by atoms with Crippen LogP contribution in [-0.2, 0) is 19.5 Å². The lowest BCUT2D eigenvalue weighted by Gasteiger charge is -2.20. The molecule has 0 fully saturated rings. The van der Waals surface area contributed by atoms with Gasteiger partial charge in [0, 0.05) is 23.8 Å². The van der Waals surface area contributed by atoms with Crippen molar-refractivity contribution in [3.8, 4) is 0 Å². The van der Waals surface area contributed by atoms with Gasteiger partial charge in [-0.15, -0.1) is 11.3 Å². The van der Waals surface area contributed by atoms with E-state index in [1.807, 2.05) is 41.8 Å². The number of thiazole rings is 1. The van der Waals surface area contributed by atoms with Gasteiger partial charge in [0.1, 0.15) is 10.7 Å². The molecule has 124 valence electrons. The van der Waals surface area contributed by atoms with Crippen LogP contribution in [0.2, 0.25) is 0 Å². The highest BCUT2D eigenvalue weighted by atomic mass is 32.1. The van der Waals surface area contributed by atoms with Crippen LogP contribution in [0.3, 0.4) is 0 Å². The van der Waals surface area contributed by atoms with Gasteiger partial charge < -0.3 is 4.90 Å². The number of hydrogen-bond donors (Lipinski definition) is 1. The van der Waals surface area contributed by atoms with Gasteiger partial charge in [-0.3, -0.25) is 9.89 Å². The first kappa shape index (κ1) is 16.4. The largest absolute Gasteiger partial charge is 0.326 e. The summed E-state index contributed by atoms with van der Waals surface area (Å²) in [6.45, 7) is 3.13. The molecule has 0 atom stereocenters. The first-order valence-corrected chi connectivity index (χ1v) is 8.90. The molecule has 5 nitrogen and oxygen atoms in total. The predicted octanol–water partition coefficient (Wildman–Crippen LogP) is 3.66. The minimum Gasteiger partial charge on any atom is -0.326 e. The Bertz CT molecular complexity index is 767. The van der Waals surface area contributed by atoms with E-state index in [2.05, 4.69) is 22.1 Å². The van der Waals surface area contributed by atoms with Gasteiger partial charge in [-0.05, 0) is 18.1 Å². The Balaban J connectivity index is 1.80. The highest BCUT2D eigenvalue weighted by Crippen LogP contribution is 2.15. The van der Waals surface area contributed by atoms with E-state index in [1.165, 1.54) is 0 Å². The van der Waals surface area contributed by atoms with Gasteiger partial charge in [0.2, 0.25) is 0 Å². The maximum Gasteiger partial charge on any atom is 0.275 e. The molecule has 0 unspecified atom stereocenters. The molecule has 0 aliphatic rings. The highest BCUT2D eigenvalue weighted by Gasteiger charge is 2.20. The molecule has 3 rings (SSSR count). The zero-order chi connectivity index (χ0) is 16.8. The van der Waals surface area contributed by atoms with Crippen LogP contribution >= 0.6 is 11.3 Å². The molecule has 1 aromatic carbocycles. The van der Waals surface area contributed by atoms with Crippen molar-refractivity contribution in [1.82, 2.24) is 20.1 Å². The molecular formula is C18H20N4OS. The van der Waals surface area contributed by atoms with E-state index in [0.717, 1.165) is 29.1 Å². The van der Waals surface area contributed by atoms with Crippen LogP contribution in [0.5, 0.6) is 0 Å². The minimum atomic E-state index is -0.0762. The van der Waals surface area contributed by atoms with Crippen LogP contribution in [0, 0.1) is 0 Å². The van der Waals surface area contributed by atoms with E-state index in [1.54, 1.807) is 22.4 Å². The van der Waals surface area contributed by atoms with Crippen molar-refractivity contribution in [2.45, 2.75) is 32.9 Å². The lowest BCUT2D eigenvalue weighted by Crippen LogP contribution is -2.30. The van der Waals surface area contributed by atoms with Crippen LogP contribution < -0.4 is 0 Å². The summed E-state index contributed by atoms with van der Waals surface area (Å²) >= 11 is 1.55. The van der Waals surface area contributed by atoms with E-state index < -0.39 is 0 Å². The van der Waals surface area contributed by atoms with Crippen molar-refractivity contribution in [1.29, 1.82) is 0 Å². The van der Waals surface area contributed by atoms with Crippen molar-refractivity contribution in [2.75, 3.05) is 0 Å². The van der Waals surface area contributed by atoms with Gasteiger partial charge in [-0.2, -0.15) is 5.10 Å². The number of rotatable bonds is 7. The van der Waals surface area contributed by atoms with E-state index in [4.69, 9.17) is 0 Å². The molecular weight excluding hydrogens is 320 g/mol. The predicted molar refractivity (Wildman–Crippen MR) is 94.7 cm³/mol. The maximum absolute atomic E-state index is 12.9. The topological polar surface area (TPSA) is 61.9 Å². The Labute approximate surface area is 145 Å². The molecule has 1 amide bonds. The molecule has 0 spiro atoms. The summed E-state index contributed by atoms with van der Waals surface area (Å²) < 4.78 is 0. The van der Waals surface area contributed by atoms with Crippen molar-refractivity contribution in [2.24, 2.45) is 0 Å². The average molecular weight is 340 g/mol. The second-order valence-electron chi connectivity index (χ2n) is 5.60. The lowest BCUT2D eigenvalue weighted by molar-refractivity contribution is 0.0724. The third kappa shape index (κ3) is 4.08. The van der Waals surface area contributed by atoms with E-state index >= 15 is 0 Å². The fraction of sp³-hybridized carbons (Fsp3) is 0.278. The number of benzene rings is 1. The molecule has 1 N–H and O–H groups in total. The second-order valence-corrected chi connectivity index (χ2v) is 6.58.